The molecule has 152 valence electrons. The molecule has 8 heteroatoms. The zero-order valence-corrected chi connectivity index (χ0v) is 16.9. The number of aryl methyl sites for hydroxylation is 1. The van der Waals surface area contributed by atoms with E-state index in [4.69, 9.17) is 4.74 Å². The molecule has 0 spiro atoms. The molecule has 0 radical (unpaired) electrons. The second-order valence-corrected chi connectivity index (χ2v) is 6.80. The largest absolute Gasteiger partial charge is 0.379 e. The average molecular weight is 386 g/mol. The van der Waals surface area contributed by atoms with Gasteiger partial charge in [0.05, 0.1) is 19.8 Å². The second kappa shape index (κ2) is 10.8. The zero-order valence-electron chi connectivity index (χ0n) is 16.9. The third-order valence-electron chi connectivity index (χ3n) is 4.69. The van der Waals surface area contributed by atoms with Crippen LogP contribution in [-0.4, -0.2) is 71.3 Å². The fraction of sp³-hybridized carbons (Fsp3) is 0.550. The Hall–Kier alpha value is -2.45. The molecule has 2 N–H and O–H groups in total. The first kappa shape index (κ1) is 20.3. The standard InChI is InChI=1S/C20H31N7O/c1-3-21-20(23-7-4-9-26-11-13-28-14-12-26)25-16-18-5-6-19(24-15-18)27-10-8-22-17(27)2/h5-6,8,10,15H,3-4,7,9,11-14,16H2,1-2H3,(H2,21,23,25). The minimum atomic E-state index is 0.592. The lowest BCUT2D eigenvalue weighted by Gasteiger charge is -2.26. The van der Waals surface area contributed by atoms with E-state index in [-0.39, 0.29) is 0 Å². The molecule has 0 aliphatic carbocycles. The fourth-order valence-electron chi connectivity index (χ4n) is 3.12. The lowest BCUT2D eigenvalue weighted by Crippen LogP contribution is -2.40. The van der Waals surface area contributed by atoms with Gasteiger partial charge in [-0.05, 0) is 38.4 Å². The maximum Gasteiger partial charge on any atom is 0.191 e. The summed E-state index contributed by atoms with van der Waals surface area (Å²) in [6.07, 6.45) is 6.66. The van der Waals surface area contributed by atoms with Crippen molar-refractivity contribution in [1.29, 1.82) is 0 Å². The van der Waals surface area contributed by atoms with Crippen LogP contribution in [-0.2, 0) is 11.3 Å². The molecule has 0 unspecified atom stereocenters. The Bertz CT molecular complexity index is 735. The number of hydrogen-bond donors (Lipinski definition) is 2. The van der Waals surface area contributed by atoms with Crippen LogP contribution >= 0.6 is 0 Å². The molecule has 0 amide bonds. The molecule has 0 bridgehead atoms. The van der Waals surface area contributed by atoms with Crippen molar-refractivity contribution in [3.63, 3.8) is 0 Å². The first-order valence-electron chi connectivity index (χ1n) is 10.0. The smallest absolute Gasteiger partial charge is 0.191 e. The first-order valence-corrected chi connectivity index (χ1v) is 10.0. The van der Waals surface area contributed by atoms with E-state index in [0.29, 0.717) is 6.54 Å². The average Bonchev–Trinajstić information content (AvgIpc) is 3.16. The van der Waals surface area contributed by atoms with E-state index in [1.54, 1.807) is 6.20 Å². The quantitative estimate of drug-likeness (QED) is 0.406. The van der Waals surface area contributed by atoms with Gasteiger partial charge in [0.1, 0.15) is 11.6 Å². The summed E-state index contributed by atoms with van der Waals surface area (Å²) in [4.78, 5) is 15.9. The van der Waals surface area contributed by atoms with Gasteiger partial charge >= 0.3 is 0 Å². The fourth-order valence-corrected chi connectivity index (χ4v) is 3.12. The number of nitrogens with zero attached hydrogens (tertiary/aromatic N) is 5. The highest BCUT2D eigenvalue weighted by Gasteiger charge is 2.09. The van der Waals surface area contributed by atoms with Gasteiger partial charge in [0.2, 0.25) is 0 Å². The Labute approximate surface area is 167 Å². The normalized spacial score (nSPS) is 15.6. The molecule has 2 aromatic rings. The highest BCUT2D eigenvalue weighted by Crippen LogP contribution is 2.09. The number of guanidine groups is 1. The number of pyridine rings is 1. The molecule has 1 aliphatic rings. The number of rotatable bonds is 8. The van der Waals surface area contributed by atoms with E-state index in [2.05, 4.69) is 43.5 Å². The maximum atomic E-state index is 5.39. The van der Waals surface area contributed by atoms with Crippen LogP contribution in [0.1, 0.15) is 24.7 Å². The molecule has 1 saturated heterocycles. The van der Waals surface area contributed by atoms with Crippen molar-refractivity contribution in [2.24, 2.45) is 4.99 Å². The van der Waals surface area contributed by atoms with Crippen molar-refractivity contribution in [3.05, 3.63) is 42.1 Å². The van der Waals surface area contributed by atoms with Gasteiger partial charge in [-0.1, -0.05) is 6.07 Å². The lowest BCUT2D eigenvalue weighted by molar-refractivity contribution is 0.0376. The van der Waals surface area contributed by atoms with Crippen LogP contribution in [0, 0.1) is 6.92 Å². The Morgan fingerprint density at radius 1 is 1.21 bits per heavy atom. The summed E-state index contributed by atoms with van der Waals surface area (Å²) in [6, 6.07) is 4.06. The number of aromatic nitrogens is 3. The molecule has 3 rings (SSSR count). The third-order valence-corrected chi connectivity index (χ3v) is 4.69. The van der Waals surface area contributed by atoms with Gasteiger partial charge in [-0.2, -0.15) is 0 Å². The van der Waals surface area contributed by atoms with Crippen molar-refractivity contribution in [1.82, 2.24) is 30.1 Å². The van der Waals surface area contributed by atoms with E-state index in [1.807, 2.05) is 30.0 Å². The van der Waals surface area contributed by atoms with E-state index in [0.717, 1.165) is 75.5 Å². The molecule has 0 aromatic carbocycles. The Kier molecular flexibility index (Phi) is 7.81. The summed E-state index contributed by atoms with van der Waals surface area (Å²) < 4.78 is 7.35. The third kappa shape index (κ3) is 6.03. The molecule has 1 aliphatic heterocycles. The predicted molar refractivity (Wildman–Crippen MR) is 111 cm³/mol. The maximum absolute atomic E-state index is 5.39. The molecular weight excluding hydrogens is 354 g/mol. The second-order valence-electron chi connectivity index (χ2n) is 6.80. The molecule has 28 heavy (non-hydrogen) atoms. The first-order chi connectivity index (χ1) is 13.8. The van der Waals surface area contributed by atoms with Gasteiger partial charge in [-0.3, -0.25) is 9.47 Å². The molecule has 3 heterocycles. The van der Waals surface area contributed by atoms with Gasteiger partial charge in [0.25, 0.3) is 0 Å². The minimum Gasteiger partial charge on any atom is -0.379 e. The van der Waals surface area contributed by atoms with Gasteiger partial charge in [-0.15, -0.1) is 0 Å². The van der Waals surface area contributed by atoms with Gasteiger partial charge < -0.3 is 15.4 Å². The van der Waals surface area contributed by atoms with Gasteiger partial charge in [0.15, 0.2) is 5.96 Å². The number of hydrogen-bond acceptors (Lipinski definition) is 5. The van der Waals surface area contributed by atoms with Gasteiger partial charge in [0, 0.05) is 44.8 Å². The van der Waals surface area contributed by atoms with Crippen LogP contribution in [0.4, 0.5) is 0 Å². The Morgan fingerprint density at radius 3 is 2.75 bits per heavy atom. The molecule has 8 nitrogen and oxygen atoms in total. The monoisotopic (exact) mass is 385 g/mol. The predicted octanol–water partition coefficient (Wildman–Crippen LogP) is 1.35. The van der Waals surface area contributed by atoms with Crippen molar-refractivity contribution in [3.8, 4) is 5.82 Å². The minimum absolute atomic E-state index is 0.592. The van der Waals surface area contributed by atoms with Crippen molar-refractivity contribution in [2.45, 2.75) is 26.8 Å². The SMILES string of the molecule is CCNC(=NCc1ccc(-n2ccnc2C)nc1)NCCCN1CCOCC1. The molecule has 1 fully saturated rings. The summed E-state index contributed by atoms with van der Waals surface area (Å²) in [5.41, 5.74) is 1.08. The van der Waals surface area contributed by atoms with Crippen molar-refractivity contribution in [2.75, 3.05) is 45.9 Å². The number of nitrogens with one attached hydrogen (secondary N) is 2. The van der Waals surface area contributed by atoms with Crippen LogP contribution in [0.2, 0.25) is 0 Å². The lowest BCUT2D eigenvalue weighted by atomic mass is 10.3. The summed E-state index contributed by atoms with van der Waals surface area (Å²) >= 11 is 0. The molecule has 0 atom stereocenters. The summed E-state index contributed by atoms with van der Waals surface area (Å²) in [5.74, 6) is 2.64. The zero-order chi connectivity index (χ0) is 19.6. The van der Waals surface area contributed by atoms with E-state index < -0.39 is 0 Å². The van der Waals surface area contributed by atoms with E-state index in [9.17, 15) is 0 Å². The summed E-state index contributed by atoms with van der Waals surface area (Å²) in [5, 5.41) is 6.72. The van der Waals surface area contributed by atoms with Gasteiger partial charge in [-0.25, -0.2) is 15.0 Å². The van der Waals surface area contributed by atoms with Crippen molar-refractivity contribution >= 4 is 5.96 Å². The molecule has 0 saturated carbocycles. The molecule has 2 aromatic heterocycles. The number of ether oxygens (including phenoxy) is 1. The molecular formula is C20H31N7O. The topological polar surface area (TPSA) is 79.6 Å². The van der Waals surface area contributed by atoms with Crippen molar-refractivity contribution < 1.29 is 4.74 Å². The summed E-state index contributed by atoms with van der Waals surface area (Å²) in [6.45, 7) is 11.2. The highest BCUT2D eigenvalue weighted by molar-refractivity contribution is 5.79. The van der Waals surface area contributed by atoms with E-state index >= 15 is 0 Å². The Balaban J connectivity index is 1.47. The van der Waals surface area contributed by atoms with Crippen LogP contribution < -0.4 is 10.6 Å². The van der Waals surface area contributed by atoms with Crippen LogP contribution in [0.15, 0.2) is 35.7 Å². The van der Waals surface area contributed by atoms with Crippen LogP contribution in [0.25, 0.3) is 5.82 Å². The highest BCUT2D eigenvalue weighted by atomic mass is 16.5. The van der Waals surface area contributed by atoms with E-state index in [1.165, 1.54) is 0 Å². The number of aliphatic imine (C=N–C) groups is 1. The van der Waals surface area contributed by atoms with Crippen LogP contribution in [0.3, 0.4) is 0 Å². The summed E-state index contributed by atoms with van der Waals surface area (Å²) in [7, 11) is 0. The number of morpholine rings is 1. The van der Waals surface area contributed by atoms with Crippen LogP contribution in [0.5, 0.6) is 0 Å². The number of imidazole rings is 1. The Morgan fingerprint density at radius 2 is 2.07 bits per heavy atom.